The fourth-order valence-corrected chi connectivity index (χ4v) is 2.03. The number of nitrogens with zero attached hydrogens (tertiary/aromatic N) is 2. The predicted molar refractivity (Wildman–Crippen MR) is 82.0 cm³/mol. The molecular formula is C15H16Cl2N2O. The van der Waals surface area contributed by atoms with Crippen molar-refractivity contribution in [2.75, 3.05) is 0 Å². The number of hydrogen-bond acceptors (Lipinski definition) is 3. The highest BCUT2D eigenvalue weighted by atomic mass is 35.5. The number of benzene rings is 1. The Morgan fingerprint density at radius 1 is 1.05 bits per heavy atom. The average molecular weight is 311 g/mol. The van der Waals surface area contributed by atoms with Gasteiger partial charge in [-0.1, -0.05) is 50.0 Å². The molecular weight excluding hydrogens is 295 g/mol. The van der Waals surface area contributed by atoms with Crippen LogP contribution in [0, 0.1) is 6.92 Å². The third kappa shape index (κ3) is 3.62. The van der Waals surface area contributed by atoms with Crippen LogP contribution in [0.25, 0.3) is 0 Å². The van der Waals surface area contributed by atoms with Gasteiger partial charge in [0.1, 0.15) is 16.7 Å². The largest absolute Gasteiger partial charge is 0.437 e. The van der Waals surface area contributed by atoms with Gasteiger partial charge in [0, 0.05) is 11.5 Å². The van der Waals surface area contributed by atoms with Gasteiger partial charge in [-0.05, 0) is 24.6 Å². The molecule has 106 valence electrons. The molecule has 2 aromatic rings. The van der Waals surface area contributed by atoms with Crippen molar-refractivity contribution in [3.63, 3.8) is 0 Å². The summed E-state index contributed by atoms with van der Waals surface area (Å²) in [6.07, 6.45) is 0. The summed E-state index contributed by atoms with van der Waals surface area (Å²) in [6.45, 7) is 8.01. The fraction of sp³-hybridized carbons (Fsp3) is 0.333. The zero-order valence-corrected chi connectivity index (χ0v) is 13.4. The van der Waals surface area contributed by atoms with Crippen molar-refractivity contribution >= 4 is 23.2 Å². The summed E-state index contributed by atoms with van der Waals surface area (Å²) >= 11 is 12.2. The molecule has 0 saturated heterocycles. The van der Waals surface area contributed by atoms with E-state index >= 15 is 0 Å². The van der Waals surface area contributed by atoms with Crippen LogP contribution in [0.4, 0.5) is 0 Å². The third-order valence-electron chi connectivity index (χ3n) is 2.64. The number of aromatic nitrogens is 2. The van der Waals surface area contributed by atoms with Crippen LogP contribution >= 0.6 is 23.2 Å². The summed E-state index contributed by atoms with van der Waals surface area (Å²) in [4.78, 5) is 8.61. The van der Waals surface area contributed by atoms with Crippen LogP contribution in [-0.4, -0.2) is 9.97 Å². The predicted octanol–water partition coefficient (Wildman–Crippen LogP) is 5.18. The number of hydrogen-bond donors (Lipinski definition) is 0. The van der Waals surface area contributed by atoms with Gasteiger partial charge >= 0.3 is 0 Å². The first-order valence-corrected chi connectivity index (χ1v) is 7.00. The lowest BCUT2D eigenvalue weighted by atomic mass is 9.96. The Labute approximate surface area is 128 Å². The molecule has 0 radical (unpaired) electrons. The molecule has 1 heterocycles. The minimum Gasteiger partial charge on any atom is -0.437 e. The Morgan fingerprint density at radius 3 is 2.35 bits per heavy atom. The first-order valence-electron chi connectivity index (χ1n) is 6.25. The molecule has 0 fully saturated rings. The standard InChI is InChI=1S/C15H16Cl2N2O/c1-9-5-6-11(10(16)7-9)20-13-8-12(17)18-14(19-13)15(2,3)4/h5-8H,1-4H3. The quantitative estimate of drug-likeness (QED) is 0.717. The zero-order valence-electron chi connectivity index (χ0n) is 11.9. The Balaban J connectivity index is 2.36. The summed E-state index contributed by atoms with van der Waals surface area (Å²) < 4.78 is 5.71. The smallest absolute Gasteiger partial charge is 0.224 e. The number of aryl methyl sites for hydroxylation is 1. The summed E-state index contributed by atoms with van der Waals surface area (Å²) in [6, 6.07) is 7.15. The number of halogens is 2. The molecule has 1 aromatic heterocycles. The molecule has 1 aromatic carbocycles. The van der Waals surface area contributed by atoms with Crippen molar-refractivity contribution in [2.24, 2.45) is 0 Å². The molecule has 0 spiro atoms. The Bertz CT molecular complexity index is 636. The average Bonchev–Trinajstić information content (AvgIpc) is 2.31. The lowest BCUT2D eigenvalue weighted by Gasteiger charge is -2.17. The molecule has 0 atom stereocenters. The van der Waals surface area contributed by atoms with Crippen LogP contribution < -0.4 is 4.74 Å². The zero-order chi connectivity index (χ0) is 14.9. The van der Waals surface area contributed by atoms with Gasteiger partial charge in [0.15, 0.2) is 0 Å². The van der Waals surface area contributed by atoms with E-state index in [0.717, 1.165) is 5.56 Å². The van der Waals surface area contributed by atoms with Gasteiger partial charge < -0.3 is 4.74 Å². The Kier molecular flexibility index (Phi) is 4.21. The van der Waals surface area contributed by atoms with E-state index in [0.29, 0.717) is 27.6 Å². The second kappa shape index (κ2) is 5.58. The van der Waals surface area contributed by atoms with E-state index in [-0.39, 0.29) is 5.41 Å². The summed E-state index contributed by atoms with van der Waals surface area (Å²) in [5.74, 6) is 1.57. The molecule has 0 amide bonds. The van der Waals surface area contributed by atoms with Crippen molar-refractivity contribution < 1.29 is 4.74 Å². The summed E-state index contributed by atoms with van der Waals surface area (Å²) in [5, 5.41) is 0.889. The third-order valence-corrected chi connectivity index (χ3v) is 3.13. The molecule has 0 aliphatic rings. The van der Waals surface area contributed by atoms with Gasteiger partial charge in [-0.15, -0.1) is 0 Å². The molecule has 5 heteroatoms. The van der Waals surface area contributed by atoms with Crippen molar-refractivity contribution in [1.82, 2.24) is 9.97 Å². The monoisotopic (exact) mass is 310 g/mol. The molecule has 2 rings (SSSR count). The molecule has 0 N–H and O–H groups in total. The lowest BCUT2D eigenvalue weighted by molar-refractivity contribution is 0.446. The molecule has 0 bridgehead atoms. The van der Waals surface area contributed by atoms with Crippen LogP contribution in [0.3, 0.4) is 0 Å². The lowest BCUT2D eigenvalue weighted by Crippen LogP contribution is -2.16. The second-order valence-corrected chi connectivity index (χ2v) is 6.43. The molecule has 3 nitrogen and oxygen atoms in total. The molecule has 0 aliphatic heterocycles. The first-order chi connectivity index (χ1) is 9.25. The highest BCUT2D eigenvalue weighted by Crippen LogP contribution is 2.31. The normalized spacial score (nSPS) is 11.5. The van der Waals surface area contributed by atoms with Gasteiger partial charge in [-0.25, -0.2) is 4.98 Å². The maximum atomic E-state index is 6.15. The fourth-order valence-electron chi connectivity index (χ4n) is 1.59. The van der Waals surface area contributed by atoms with E-state index < -0.39 is 0 Å². The highest BCUT2D eigenvalue weighted by molar-refractivity contribution is 6.32. The number of rotatable bonds is 2. The molecule has 0 saturated carbocycles. The van der Waals surface area contributed by atoms with Crippen molar-refractivity contribution in [3.8, 4) is 11.6 Å². The van der Waals surface area contributed by atoms with E-state index in [1.54, 1.807) is 6.07 Å². The van der Waals surface area contributed by atoms with Crippen LogP contribution in [0.2, 0.25) is 10.2 Å². The Hall–Kier alpha value is -1.32. The van der Waals surface area contributed by atoms with Crippen molar-refractivity contribution in [3.05, 3.63) is 45.8 Å². The maximum absolute atomic E-state index is 6.15. The van der Waals surface area contributed by atoms with E-state index in [9.17, 15) is 0 Å². The second-order valence-electron chi connectivity index (χ2n) is 5.64. The van der Waals surface area contributed by atoms with Gasteiger partial charge in [-0.3, -0.25) is 0 Å². The van der Waals surface area contributed by atoms with Gasteiger partial charge in [0.25, 0.3) is 0 Å². The first kappa shape index (κ1) is 15.1. The van der Waals surface area contributed by atoms with E-state index in [4.69, 9.17) is 27.9 Å². The van der Waals surface area contributed by atoms with Gasteiger partial charge in [-0.2, -0.15) is 4.98 Å². The van der Waals surface area contributed by atoms with E-state index in [1.807, 2.05) is 45.9 Å². The maximum Gasteiger partial charge on any atom is 0.224 e. The van der Waals surface area contributed by atoms with Crippen LogP contribution in [0.15, 0.2) is 24.3 Å². The topological polar surface area (TPSA) is 35.0 Å². The molecule has 20 heavy (non-hydrogen) atoms. The van der Waals surface area contributed by atoms with Crippen LogP contribution in [-0.2, 0) is 5.41 Å². The van der Waals surface area contributed by atoms with Crippen LogP contribution in [0.1, 0.15) is 32.2 Å². The van der Waals surface area contributed by atoms with Crippen LogP contribution in [0.5, 0.6) is 11.6 Å². The number of ether oxygens (including phenoxy) is 1. The van der Waals surface area contributed by atoms with Gasteiger partial charge in [0.05, 0.1) is 5.02 Å². The van der Waals surface area contributed by atoms with E-state index in [1.165, 1.54) is 0 Å². The SMILES string of the molecule is Cc1ccc(Oc2cc(Cl)nc(C(C)(C)C)n2)c(Cl)c1. The summed E-state index contributed by atoms with van der Waals surface area (Å²) in [7, 11) is 0. The minimum atomic E-state index is -0.208. The Morgan fingerprint density at radius 2 is 1.75 bits per heavy atom. The van der Waals surface area contributed by atoms with Gasteiger partial charge in [0.2, 0.25) is 5.88 Å². The van der Waals surface area contributed by atoms with Crippen molar-refractivity contribution in [1.29, 1.82) is 0 Å². The van der Waals surface area contributed by atoms with Crippen molar-refractivity contribution in [2.45, 2.75) is 33.1 Å². The molecule has 0 aliphatic carbocycles. The summed E-state index contributed by atoms with van der Waals surface area (Å²) in [5.41, 5.74) is 0.860. The highest BCUT2D eigenvalue weighted by Gasteiger charge is 2.19. The molecule has 0 unspecified atom stereocenters. The minimum absolute atomic E-state index is 0.208. The van der Waals surface area contributed by atoms with E-state index in [2.05, 4.69) is 9.97 Å².